The Labute approximate surface area is 125 Å². The van der Waals surface area contributed by atoms with Crippen LogP contribution in [0, 0.1) is 11.7 Å². The number of ether oxygens (including phenoxy) is 1. The van der Waals surface area contributed by atoms with Gasteiger partial charge in [-0.1, -0.05) is 18.2 Å². The predicted molar refractivity (Wildman–Crippen MR) is 83.1 cm³/mol. The summed E-state index contributed by atoms with van der Waals surface area (Å²) in [6.07, 6.45) is 2.44. The third-order valence-electron chi connectivity index (χ3n) is 3.79. The number of hydrogen-bond donors (Lipinski definition) is 1. The molecular formula is C18H20FNO. The van der Waals surface area contributed by atoms with Crippen LogP contribution in [-0.2, 0) is 0 Å². The molecule has 0 saturated heterocycles. The molecule has 0 radical (unpaired) electrons. The molecule has 2 nitrogen and oxygen atoms in total. The fourth-order valence-electron chi connectivity index (χ4n) is 2.59. The van der Waals surface area contributed by atoms with Crippen molar-refractivity contribution in [3.05, 3.63) is 59.9 Å². The topological polar surface area (TPSA) is 21.3 Å². The van der Waals surface area contributed by atoms with E-state index >= 15 is 0 Å². The van der Waals surface area contributed by atoms with Crippen LogP contribution in [0.4, 0.5) is 10.1 Å². The summed E-state index contributed by atoms with van der Waals surface area (Å²) in [5.74, 6) is 1.31. The Morgan fingerprint density at radius 1 is 1.19 bits per heavy atom. The SMILES string of the molecule is CCOc1cccc(NC(c2ccc(F)cc2)C2CC2)c1. The first kappa shape index (κ1) is 13.9. The van der Waals surface area contributed by atoms with Gasteiger partial charge < -0.3 is 10.1 Å². The lowest BCUT2D eigenvalue weighted by Gasteiger charge is -2.20. The van der Waals surface area contributed by atoms with Gasteiger partial charge in [0.2, 0.25) is 0 Å². The van der Waals surface area contributed by atoms with E-state index < -0.39 is 0 Å². The minimum Gasteiger partial charge on any atom is -0.494 e. The Morgan fingerprint density at radius 3 is 2.62 bits per heavy atom. The van der Waals surface area contributed by atoms with Crippen molar-refractivity contribution in [3.63, 3.8) is 0 Å². The van der Waals surface area contributed by atoms with Gasteiger partial charge in [0.25, 0.3) is 0 Å². The van der Waals surface area contributed by atoms with Crippen LogP contribution >= 0.6 is 0 Å². The second kappa shape index (κ2) is 6.17. The molecule has 21 heavy (non-hydrogen) atoms. The quantitative estimate of drug-likeness (QED) is 0.824. The van der Waals surface area contributed by atoms with Crippen LogP contribution in [0.3, 0.4) is 0 Å². The average molecular weight is 285 g/mol. The maximum absolute atomic E-state index is 13.1. The van der Waals surface area contributed by atoms with E-state index in [0.717, 1.165) is 17.0 Å². The Kier molecular flexibility index (Phi) is 4.09. The van der Waals surface area contributed by atoms with E-state index in [9.17, 15) is 4.39 Å². The minimum absolute atomic E-state index is 0.188. The highest BCUT2D eigenvalue weighted by atomic mass is 19.1. The minimum atomic E-state index is -0.188. The molecule has 0 spiro atoms. The van der Waals surface area contributed by atoms with E-state index in [2.05, 4.69) is 5.32 Å². The number of hydrogen-bond acceptors (Lipinski definition) is 2. The first-order valence-corrected chi connectivity index (χ1v) is 7.51. The summed E-state index contributed by atoms with van der Waals surface area (Å²) in [7, 11) is 0. The largest absolute Gasteiger partial charge is 0.494 e. The Bertz CT molecular complexity index is 592. The van der Waals surface area contributed by atoms with Crippen molar-refractivity contribution in [1.29, 1.82) is 0 Å². The highest BCUT2D eigenvalue weighted by Gasteiger charge is 2.32. The summed E-state index contributed by atoms with van der Waals surface area (Å²) in [4.78, 5) is 0. The zero-order valence-corrected chi connectivity index (χ0v) is 12.2. The highest BCUT2D eigenvalue weighted by molar-refractivity contribution is 5.50. The van der Waals surface area contributed by atoms with Gasteiger partial charge in [-0.2, -0.15) is 0 Å². The van der Waals surface area contributed by atoms with Crippen LogP contribution < -0.4 is 10.1 Å². The summed E-state index contributed by atoms with van der Waals surface area (Å²) < 4.78 is 18.6. The molecule has 2 aromatic rings. The smallest absolute Gasteiger partial charge is 0.123 e. The van der Waals surface area contributed by atoms with Crippen molar-refractivity contribution in [2.75, 3.05) is 11.9 Å². The Hall–Kier alpha value is -2.03. The summed E-state index contributed by atoms with van der Waals surface area (Å²) in [5.41, 5.74) is 2.18. The Morgan fingerprint density at radius 2 is 1.95 bits per heavy atom. The fourth-order valence-corrected chi connectivity index (χ4v) is 2.59. The zero-order valence-electron chi connectivity index (χ0n) is 12.2. The number of benzene rings is 2. The van der Waals surface area contributed by atoms with Gasteiger partial charge in [0.15, 0.2) is 0 Å². The van der Waals surface area contributed by atoms with Crippen LogP contribution in [0.1, 0.15) is 31.4 Å². The van der Waals surface area contributed by atoms with Gasteiger partial charge >= 0.3 is 0 Å². The molecule has 1 aliphatic rings. The van der Waals surface area contributed by atoms with Gasteiger partial charge in [-0.05, 0) is 55.5 Å². The fraction of sp³-hybridized carbons (Fsp3) is 0.333. The third kappa shape index (κ3) is 3.54. The molecule has 0 bridgehead atoms. The van der Waals surface area contributed by atoms with Crippen LogP contribution in [0.15, 0.2) is 48.5 Å². The van der Waals surface area contributed by atoms with Crippen molar-refractivity contribution < 1.29 is 9.13 Å². The lowest BCUT2D eigenvalue weighted by Crippen LogP contribution is -2.13. The van der Waals surface area contributed by atoms with Gasteiger partial charge in [0.05, 0.1) is 12.6 Å². The lowest BCUT2D eigenvalue weighted by molar-refractivity contribution is 0.340. The Balaban J connectivity index is 1.79. The molecule has 1 fully saturated rings. The number of rotatable bonds is 6. The predicted octanol–water partition coefficient (Wildman–Crippen LogP) is 4.79. The number of nitrogens with one attached hydrogen (secondary N) is 1. The standard InChI is InChI=1S/C18H20FNO/c1-2-21-17-5-3-4-16(12-17)20-18(13-6-7-13)14-8-10-15(19)11-9-14/h3-5,8-13,18,20H,2,6-7H2,1H3. The molecule has 0 amide bonds. The molecule has 1 atom stereocenters. The average Bonchev–Trinajstić information content (AvgIpc) is 3.31. The monoisotopic (exact) mass is 285 g/mol. The van der Waals surface area contributed by atoms with Crippen molar-refractivity contribution in [2.24, 2.45) is 5.92 Å². The van der Waals surface area contributed by atoms with E-state index in [1.807, 2.05) is 43.3 Å². The van der Waals surface area contributed by atoms with Crippen molar-refractivity contribution in [1.82, 2.24) is 0 Å². The lowest BCUT2D eigenvalue weighted by atomic mass is 10.0. The van der Waals surface area contributed by atoms with Gasteiger partial charge in [-0.25, -0.2) is 4.39 Å². The summed E-state index contributed by atoms with van der Waals surface area (Å²) in [6.45, 7) is 2.64. The van der Waals surface area contributed by atoms with Gasteiger partial charge in [-0.3, -0.25) is 0 Å². The maximum atomic E-state index is 13.1. The molecule has 3 rings (SSSR count). The summed E-state index contributed by atoms with van der Waals surface area (Å²) in [5, 5.41) is 3.57. The molecule has 1 saturated carbocycles. The van der Waals surface area contributed by atoms with E-state index in [4.69, 9.17) is 4.74 Å². The molecule has 2 aromatic carbocycles. The highest BCUT2D eigenvalue weighted by Crippen LogP contribution is 2.43. The van der Waals surface area contributed by atoms with E-state index in [-0.39, 0.29) is 11.9 Å². The first-order chi connectivity index (χ1) is 10.3. The molecule has 1 N–H and O–H groups in total. The third-order valence-corrected chi connectivity index (χ3v) is 3.79. The van der Waals surface area contributed by atoms with Crippen LogP contribution in [0.25, 0.3) is 0 Å². The van der Waals surface area contributed by atoms with Crippen molar-refractivity contribution in [3.8, 4) is 5.75 Å². The van der Waals surface area contributed by atoms with Crippen LogP contribution in [0.5, 0.6) is 5.75 Å². The molecule has 3 heteroatoms. The van der Waals surface area contributed by atoms with Gasteiger partial charge in [0.1, 0.15) is 11.6 Å². The molecule has 1 unspecified atom stereocenters. The molecule has 0 aliphatic heterocycles. The summed E-state index contributed by atoms with van der Waals surface area (Å²) >= 11 is 0. The molecule has 110 valence electrons. The van der Waals surface area contributed by atoms with E-state index in [1.165, 1.54) is 25.0 Å². The first-order valence-electron chi connectivity index (χ1n) is 7.51. The van der Waals surface area contributed by atoms with Crippen molar-refractivity contribution in [2.45, 2.75) is 25.8 Å². The van der Waals surface area contributed by atoms with Gasteiger partial charge in [-0.15, -0.1) is 0 Å². The van der Waals surface area contributed by atoms with E-state index in [0.29, 0.717) is 12.5 Å². The second-order valence-electron chi connectivity index (χ2n) is 5.47. The number of anilines is 1. The molecular weight excluding hydrogens is 265 g/mol. The normalized spacial score (nSPS) is 15.5. The molecule has 0 aromatic heterocycles. The van der Waals surface area contributed by atoms with Crippen molar-refractivity contribution >= 4 is 5.69 Å². The maximum Gasteiger partial charge on any atom is 0.123 e. The number of halogens is 1. The zero-order chi connectivity index (χ0) is 14.7. The van der Waals surface area contributed by atoms with Gasteiger partial charge in [0, 0.05) is 11.8 Å². The van der Waals surface area contributed by atoms with Crippen LogP contribution in [0.2, 0.25) is 0 Å². The second-order valence-corrected chi connectivity index (χ2v) is 5.47. The molecule has 1 aliphatic carbocycles. The van der Waals surface area contributed by atoms with Crippen LogP contribution in [-0.4, -0.2) is 6.61 Å². The molecule has 0 heterocycles. The summed E-state index contributed by atoms with van der Waals surface area (Å²) in [6, 6.07) is 15.0. The van der Waals surface area contributed by atoms with E-state index in [1.54, 1.807) is 0 Å².